The van der Waals surface area contributed by atoms with Gasteiger partial charge in [-0.25, -0.2) is 0 Å². The molecule has 3 aromatic rings. The van der Waals surface area contributed by atoms with Gasteiger partial charge in [-0.3, -0.25) is 9.78 Å². The van der Waals surface area contributed by atoms with Crippen molar-refractivity contribution in [1.29, 1.82) is 0 Å². The minimum Gasteiger partial charge on any atom is -0.361 e. The Balaban J connectivity index is 1.69. The molecule has 0 aliphatic rings. The number of benzene rings is 1. The zero-order valence-electron chi connectivity index (χ0n) is 11.8. The molecule has 106 valence electrons. The van der Waals surface area contributed by atoms with Crippen molar-refractivity contribution in [3.05, 3.63) is 66.1 Å². The molecule has 1 atom stereocenters. The van der Waals surface area contributed by atoms with Crippen LogP contribution in [0, 0.1) is 0 Å². The summed E-state index contributed by atoms with van der Waals surface area (Å²) in [4.78, 5) is 19.6. The van der Waals surface area contributed by atoms with Gasteiger partial charge in [0.15, 0.2) is 0 Å². The SMILES string of the molecule is CC(NC(=O)Cc1c[nH]c2ccccc12)c1ccccn1. The highest BCUT2D eigenvalue weighted by Crippen LogP contribution is 2.18. The van der Waals surface area contributed by atoms with E-state index in [4.69, 9.17) is 0 Å². The number of hydrogen-bond donors (Lipinski definition) is 2. The number of fused-ring (bicyclic) bond motifs is 1. The Kier molecular flexibility index (Phi) is 3.69. The lowest BCUT2D eigenvalue weighted by Crippen LogP contribution is -2.28. The summed E-state index contributed by atoms with van der Waals surface area (Å²) in [7, 11) is 0. The molecule has 21 heavy (non-hydrogen) atoms. The van der Waals surface area contributed by atoms with Crippen LogP contribution in [-0.2, 0) is 11.2 Å². The van der Waals surface area contributed by atoms with Crippen LogP contribution in [0.5, 0.6) is 0 Å². The number of pyridine rings is 1. The number of aromatic nitrogens is 2. The highest BCUT2D eigenvalue weighted by molar-refractivity contribution is 5.88. The third-order valence-corrected chi connectivity index (χ3v) is 3.53. The fourth-order valence-corrected chi connectivity index (χ4v) is 2.45. The number of carbonyl (C=O) groups excluding carboxylic acids is 1. The molecule has 0 saturated carbocycles. The summed E-state index contributed by atoms with van der Waals surface area (Å²) in [5, 5.41) is 4.08. The van der Waals surface area contributed by atoms with Crippen molar-refractivity contribution >= 4 is 16.8 Å². The lowest BCUT2D eigenvalue weighted by molar-refractivity contribution is -0.121. The Labute approximate surface area is 123 Å². The summed E-state index contributed by atoms with van der Waals surface area (Å²) >= 11 is 0. The zero-order valence-corrected chi connectivity index (χ0v) is 11.8. The first-order valence-corrected chi connectivity index (χ1v) is 6.99. The Hall–Kier alpha value is -2.62. The molecule has 4 heteroatoms. The average Bonchev–Trinajstić information content (AvgIpc) is 2.91. The topological polar surface area (TPSA) is 57.8 Å². The largest absolute Gasteiger partial charge is 0.361 e. The first kappa shape index (κ1) is 13.4. The molecule has 2 aromatic heterocycles. The Morgan fingerprint density at radius 2 is 2.05 bits per heavy atom. The van der Waals surface area contributed by atoms with Gasteiger partial charge in [0.25, 0.3) is 0 Å². The molecule has 2 N–H and O–H groups in total. The van der Waals surface area contributed by atoms with Crippen molar-refractivity contribution in [2.75, 3.05) is 0 Å². The molecular weight excluding hydrogens is 262 g/mol. The minimum absolute atomic E-state index is 0.00194. The van der Waals surface area contributed by atoms with Gasteiger partial charge in [-0.1, -0.05) is 24.3 Å². The van der Waals surface area contributed by atoms with Gasteiger partial charge in [0.05, 0.1) is 18.2 Å². The molecule has 0 saturated heterocycles. The lowest BCUT2D eigenvalue weighted by Gasteiger charge is -2.13. The third-order valence-electron chi connectivity index (χ3n) is 3.53. The van der Waals surface area contributed by atoms with Crippen molar-refractivity contribution in [3.8, 4) is 0 Å². The smallest absolute Gasteiger partial charge is 0.225 e. The van der Waals surface area contributed by atoms with Crippen LogP contribution in [0.4, 0.5) is 0 Å². The van der Waals surface area contributed by atoms with E-state index in [0.717, 1.165) is 22.2 Å². The summed E-state index contributed by atoms with van der Waals surface area (Å²) in [6.45, 7) is 1.94. The molecule has 1 unspecified atom stereocenters. The van der Waals surface area contributed by atoms with E-state index in [1.54, 1.807) is 6.20 Å². The summed E-state index contributed by atoms with van der Waals surface area (Å²) in [6.07, 6.45) is 3.99. The molecule has 4 nitrogen and oxygen atoms in total. The van der Waals surface area contributed by atoms with E-state index < -0.39 is 0 Å². The number of aromatic amines is 1. The highest BCUT2D eigenvalue weighted by atomic mass is 16.1. The second kappa shape index (κ2) is 5.79. The standard InChI is InChI=1S/C17H17N3O/c1-12(15-7-4-5-9-18-15)20-17(21)10-13-11-19-16-8-3-2-6-14(13)16/h2-9,11-12,19H,10H2,1H3,(H,20,21). The van der Waals surface area contributed by atoms with E-state index in [1.807, 2.05) is 55.6 Å². The van der Waals surface area contributed by atoms with Gasteiger partial charge in [-0.2, -0.15) is 0 Å². The van der Waals surface area contributed by atoms with Crippen molar-refractivity contribution in [2.45, 2.75) is 19.4 Å². The second-order valence-corrected chi connectivity index (χ2v) is 5.08. The third kappa shape index (κ3) is 2.94. The monoisotopic (exact) mass is 279 g/mol. The van der Waals surface area contributed by atoms with Crippen LogP contribution in [0.3, 0.4) is 0 Å². The Morgan fingerprint density at radius 3 is 2.86 bits per heavy atom. The number of rotatable bonds is 4. The second-order valence-electron chi connectivity index (χ2n) is 5.08. The highest BCUT2D eigenvalue weighted by Gasteiger charge is 2.12. The predicted molar refractivity (Wildman–Crippen MR) is 82.8 cm³/mol. The van der Waals surface area contributed by atoms with Crippen molar-refractivity contribution in [1.82, 2.24) is 15.3 Å². The average molecular weight is 279 g/mol. The summed E-state index contributed by atoms with van der Waals surface area (Å²) in [5.74, 6) is -0.00194. The number of hydrogen-bond acceptors (Lipinski definition) is 2. The van der Waals surface area contributed by atoms with Crippen molar-refractivity contribution in [3.63, 3.8) is 0 Å². The van der Waals surface area contributed by atoms with Crippen LogP contribution in [-0.4, -0.2) is 15.9 Å². The van der Waals surface area contributed by atoms with Gasteiger partial charge in [0.1, 0.15) is 0 Å². The maximum absolute atomic E-state index is 12.2. The normalized spacial score (nSPS) is 12.2. The van der Waals surface area contributed by atoms with Gasteiger partial charge < -0.3 is 10.3 Å². The molecule has 0 spiro atoms. The molecule has 0 fully saturated rings. The van der Waals surface area contributed by atoms with E-state index in [9.17, 15) is 4.79 Å². The molecule has 3 rings (SSSR count). The van der Waals surface area contributed by atoms with Crippen LogP contribution >= 0.6 is 0 Å². The summed E-state index contributed by atoms with van der Waals surface area (Å²) < 4.78 is 0. The van der Waals surface area contributed by atoms with Crippen molar-refractivity contribution < 1.29 is 4.79 Å². The van der Waals surface area contributed by atoms with Gasteiger partial charge in [0.2, 0.25) is 5.91 Å². The molecule has 2 heterocycles. The fourth-order valence-electron chi connectivity index (χ4n) is 2.45. The van der Waals surface area contributed by atoms with Crippen LogP contribution in [0.25, 0.3) is 10.9 Å². The van der Waals surface area contributed by atoms with E-state index in [-0.39, 0.29) is 11.9 Å². The molecule has 0 aliphatic carbocycles. The predicted octanol–water partition coefficient (Wildman–Crippen LogP) is 2.98. The van der Waals surface area contributed by atoms with Gasteiger partial charge in [0, 0.05) is 23.3 Å². The van der Waals surface area contributed by atoms with E-state index in [0.29, 0.717) is 6.42 Å². The maximum Gasteiger partial charge on any atom is 0.225 e. The van der Waals surface area contributed by atoms with Crippen LogP contribution in [0.15, 0.2) is 54.9 Å². The number of amides is 1. The van der Waals surface area contributed by atoms with Gasteiger partial charge >= 0.3 is 0 Å². The fraction of sp³-hybridized carbons (Fsp3) is 0.176. The molecule has 0 bridgehead atoms. The molecule has 1 amide bonds. The van der Waals surface area contributed by atoms with Gasteiger partial charge in [-0.15, -0.1) is 0 Å². The molecular formula is C17H17N3O. The van der Waals surface area contributed by atoms with Crippen molar-refractivity contribution in [2.24, 2.45) is 0 Å². The Morgan fingerprint density at radius 1 is 1.24 bits per heavy atom. The quantitative estimate of drug-likeness (QED) is 0.771. The first-order chi connectivity index (χ1) is 10.2. The number of carbonyl (C=O) groups is 1. The minimum atomic E-state index is -0.0936. The zero-order chi connectivity index (χ0) is 14.7. The van der Waals surface area contributed by atoms with Crippen LogP contribution < -0.4 is 5.32 Å². The van der Waals surface area contributed by atoms with Gasteiger partial charge in [-0.05, 0) is 30.7 Å². The molecule has 1 aromatic carbocycles. The number of para-hydroxylation sites is 1. The van der Waals surface area contributed by atoms with Crippen LogP contribution in [0.1, 0.15) is 24.2 Å². The lowest BCUT2D eigenvalue weighted by atomic mass is 10.1. The number of nitrogens with zero attached hydrogens (tertiary/aromatic N) is 1. The maximum atomic E-state index is 12.2. The Bertz CT molecular complexity index is 749. The van der Waals surface area contributed by atoms with E-state index in [2.05, 4.69) is 15.3 Å². The number of nitrogens with one attached hydrogen (secondary N) is 2. The summed E-state index contributed by atoms with van der Waals surface area (Å²) in [5.41, 5.74) is 2.93. The first-order valence-electron chi connectivity index (χ1n) is 6.99. The van der Waals surface area contributed by atoms with E-state index in [1.165, 1.54) is 0 Å². The van der Waals surface area contributed by atoms with E-state index >= 15 is 0 Å². The molecule has 0 radical (unpaired) electrons. The number of H-pyrrole nitrogens is 1. The summed E-state index contributed by atoms with van der Waals surface area (Å²) in [6, 6.07) is 13.6. The van der Waals surface area contributed by atoms with Crippen LogP contribution in [0.2, 0.25) is 0 Å². The molecule has 0 aliphatic heterocycles.